The average Bonchev–Trinajstić information content (AvgIpc) is 3.19. The van der Waals surface area contributed by atoms with Crippen LogP contribution in [-0.4, -0.2) is 36.5 Å². The molecule has 2 fully saturated rings. The van der Waals surface area contributed by atoms with Crippen molar-refractivity contribution in [3.05, 3.63) is 34.9 Å². The van der Waals surface area contributed by atoms with Crippen molar-refractivity contribution < 1.29 is 38.1 Å². The molecule has 2 saturated heterocycles. The third-order valence-corrected chi connectivity index (χ3v) is 6.16. The Morgan fingerprint density at radius 3 is 2.40 bits per heavy atom. The predicted molar refractivity (Wildman–Crippen MR) is 101 cm³/mol. The Morgan fingerprint density at radius 2 is 1.73 bits per heavy atom. The lowest BCUT2D eigenvalue weighted by Gasteiger charge is -2.35. The summed E-state index contributed by atoms with van der Waals surface area (Å²) in [6.45, 7) is 4.60. The fourth-order valence-electron chi connectivity index (χ4n) is 4.90. The normalized spacial score (nSPS) is 32.2. The van der Waals surface area contributed by atoms with Gasteiger partial charge in [0.1, 0.15) is 0 Å². The van der Waals surface area contributed by atoms with E-state index in [1.54, 1.807) is 0 Å². The van der Waals surface area contributed by atoms with Gasteiger partial charge in [0.05, 0.1) is 11.8 Å². The van der Waals surface area contributed by atoms with E-state index >= 15 is 0 Å². The number of hydrogen-bond acceptors (Lipinski definition) is 8. The molecule has 6 unspecified atom stereocenters. The lowest BCUT2D eigenvalue weighted by atomic mass is 9.66. The number of carbonyl (C=O) groups is 4. The zero-order valence-electron chi connectivity index (χ0n) is 17.1. The minimum atomic E-state index is -0.917. The van der Waals surface area contributed by atoms with Crippen LogP contribution in [0.3, 0.4) is 0 Å². The first-order valence-electron chi connectivity index (χ1n) is 10.2. The lowest BCUT2D eigenvalue weighted by molar-refractivity contribution is -0.212. The third-order valence-electron chi connectivity index (χ3n) is 6.16. The van der Waals surface area contributed by atoms with Crippen molar-refractivity contribution >= 4 is 23.9 Å². The Labute approximate surface area is 173 Å². The van der Waals surface area contributed by atoms with Gasteiger partial charge >= 0.3 is 23.9 Å². The molecule has 160 valence electrons. The van der Waals surface area contributed by atoms with Crippen molar-refractivity contribution in [2.45, 2.75) is 64.4 Å². The van der Waals surface area contributed by atoms with Gasteiger partial charge in [0.25, 0.3) is 0 Å². The molecule has 4 rings (SSSR count). The van der Waals surface area contributed by atoms with E-state index in [0.29, 0.717) is 12.8 Å². The van der Waals surface area contributed by atoms with Gasteiger partial charge in [-0.1, -0.05) is 25.1 Å². The van der Waals surface area contributed by atoms with E-state index in [1.807, 2.05) is 25.1 Å². The number of ether oxygens (including phenoxy) is 4. The van der Waals surface area contributed by atoms with E-state index in [4.69, 9.17) is 18.9 Å². The molecule has 0 N–H and O–H groups in total. The van der Waals surface area contributed by atoms with Crippen LogP contribution in [0.15, 0.2) is 18.2 Å². The zero-order valence-corrected chi connectivity index (χ0v) is 17.1. The minimum Gasteiger partial charge on any atom is -0.436 e. The summed E-state index contributed by atoms with van der Waals surface area (Å²) in [5.74, 6) is -3.83. The summed E-state index contributed by atoms with van der Waals surface area (Å²) < 4.78 is 21.2. The van der Waals surface area contributed by atoms with E-state index in [1.165, 1.54) is 13.8 Å². The average molecular weight is 416 g/mol. The minimum absolute atomic E-state index is 0.226. The molecule has 3 aliphatic rings. The Kier molecular flexibility index (Phi) is 5.36. The predicted octanol–water partition coefficient (Wildman–Crippen LogP) is 2.33. The van der Waals surface area contributed by atoms with Crippen LogP contribution in [0, 0.1) is 11.8 Å². The number of esters is 4. The van der Waals surface area contributed by atoms with Crippen molar-refractivity contribution in [1.82, 2.24) is 0 Å². The molecule has 0 spiro atoms. The van der Waals surface area contributed by atoms with Crippen LogP contribution in [0.5, 0.6) is 0 Å². The SMILES string of the molecule is CCc1ccc2c(c1)C(C1CC(OC(C)=O)OC1OC(C)=O)CC1C(=O)OC(=O)C21. The maximum absolute atomic E-state index is 12.4. The lowest BCUT2D eigenvalue weighted by Crippen LogP contribution is -2.34. The maximum atomic E-state index is 12.4. The number of benzene rings is 1. The van der Waals surface area contributed by atoms with Gasteiger partial charge in [0.15, 0.2) is 0 Å². The second-order valence-electron chi connectivity index (χ2n) is 8.04. The summed E-state index contributed by atoms with van der Waals surface area (Å²) in [7, 11) is 0. The summed E-state index contributed by atoms with van der Waals surface area (Å²) in [5.41, 5.74) is 2.78. The quantitative estimate of drug-likeness (QED) is 0.418. The highest BCUT2D eigenvalue weighted by Gasteiger charge is 2.54. The first-order valence-corrected chi connectivity index (χ1v) is 10.2. The van der Waals surface area contributed by atoms with Crippen LogP contribution in [0.25, 0.3) is 0 Å². The number of hydrogen-bond donors (Lipinski definition) is 0. The summed E-state index contributed by atoms with van der Waals surface area (Å²) in [5, 5.41) is 0. The van der Waals surface area contributed by atoms with Crippen molar-refractivity contribution in [3.63, 3.8) is 0 Å². The highest BCUT2D eigenvalue weighted by Crippen LogP contribution is 2.52. The number of rotatable bonds is 4. The van der Waals surface area contributed by atoms with Crippen LogP contribution < -0.4 is 0 Å². The first-order chi connectivity index (χ1) is 14.3. The van der Waals surface area contributed by atoms with Crippen LogP contribution in [0.1, 0.15) is 62.1 Å². The maximum Gasteiger partial charge on any atom is 0.321 e. The van der Waals surface area contributed by atoms with Crippen molar-refractivity contribution in [2.24, 2.45) is 11.8 Å². The fourth-order valence-corrected chi connectivity index (χ4v) is 4.90. The molecule has 0 bridgehead atoms. The highest BCUT2D eigenvalue weighted by molar-refractivity contribution is 6.00. The van der Waals surface area contributed by atoms with Crippen LogP contribution in [0.4, 0.5) is 0 Å². The zero-order chi connectivity index (χ0) is 21.6. The largest absolute Gasteiger partial charge is 0.436 e. The molecule has 2 heterocycles. The molecule has 0 radical (unpaired) electrons. The molecule has 1 aromatic rings. The van der Waals surface area contributed by atoms with E-state index in [0.717, 1.165) is 23.1 Å². The summed E-state index contributed by atoms with van der Waals surface area (Å²) in [6, 6.07) is 5.87. The Morgan fingerprint density at radius 1 is 1.00 bits per heavy atom. The topological polar surface area (TPSA) is 105 Å². The Hall–Kier alpha value is -2.74. The van der Waals surface area contributed by atoms with Gasteiger partial charge in [0, 0.05) is 26.2 Å². The van der Waals surface area contributed by atoms with Gasteiger partial charge in [-0.2, -0.15) is 0 Å². The van der Waals surface area contributed by atoms with Crippen LogP contribution in [-0.2, 0) is 44.5 Å². The van der Waals surface area contributed by atoms with E-state index in [9.17, 15) is 19.2 Å². The van der Waals surface area contributed by atoms with E-state index < -0.39 is 48.3 Å². The van der Waals surface area contributed by atoms with Gasteiger partial charge in [0.2, 0.25) is 12.6 Å². The molecule has 0 aromatic heterocycles. The third kappa shape index (κ3) is 3.60. The molecule has 1 aliphatic carbocycles. The molecule has 0 saturated carbocycles. The van der Waals surface area contributed by atoms with E-state index in [-0.39, 0.29) is 11.8 Å². The number of aryl methyl sites for hydroxylation is 1. The molecule has 1 aromatic carbocycles. The first kappa shape index (κ1) is 20.5. The van der Waals surface area contributed by atoms with E-state index in [2.05, 4.69) is 0 Å². The highest BCUT2D eigenvalue weighted by atomic mass is 16.8. The molecule has 30 heavy (non-hydrogen) atoms. The smallest absolute Gasteiger partial charge is 0.321 e. The van der Waals surface area contributed by atoms with Crippen molar-refractivity contribution in [1.29, 1.82) is 0 Å². The van der Waals surface area contributed by atoms with Crippen molar-refractivity contribution in [3.8, 4) is 0 Å². The monoisotopic (exact) mass is 416 g/mol. The van der Waals surface area contributed by atoms with Crippen LogP contribution >= 0.6 is 0 Å². The Balaban J connectivity index is 1.74. The second kappa shape index (κ2) is 7.83. The molecule has 8 nitrogen and oxygen atoms in total. The number of cyclic esters (lactones) is 2. The van der Waals surface area contributed by atoms with Crippen molar-refractivity contribution in [2.75, 3.05) is 0 Å². The van der Waals surface area contributed by atoms with Gasteiger partial charge in [-0.05, 0) is 35.4 Å². The molecular formula is C22H24O8. The van der Waals surface area contributed by atoms with Gasteiger partial charge in [-0.15, -0.1) is 0 Å². The molecule has 6 atom stereocenters. The Bertz CT molecular complexity index is 906. The standard InChI is InChI=1S/C22H24O8/c1-4-12-5-6-13-14(7-12)15(8-17-19(13)21(26)30-20(17)25)16-9-18(27-10(2)23)29-22(16)28-11(3)24/h5-7,15-19,22H,4,8-9H2,1-3H3. The summed E-state index contributed by atoms with van der Waals surface area (Å²) >= 11 is 0. The van der Waals surface area contributed by atoms with Gasteiger partial charge < -0.3 is 18.9 Å². The number of carbonyl (C=O) groups excluding carboxylic acids is 4. The van der Waals surface area contributed by atoms with Gasteiger partial charge in [-0.3, -0.25) is 19.2 Å². The molecule has 2 aliphatic heterocycles. The summed E-state index contributed by atoms with van der Waals surface area (Å²) in [4.78, 5) is 47.8. The molecule has 8 heteroatoms. The van der Waals surface area contributed by atoms with Gasteiger partial charge in [-0.25, -0.2) is 0 Å². The number of fused-ring (bicyclic) bond motifs is 3. The second-order valence-corrected chi connectivity index (χ2v) is 8.04. The van der Waals surface area contributed by atoms with Crippen LogP contribution in [0.2, 0.25) is 0 Å². The molecule has 0 amide bonds. The summed E-state index contributed by atoms with van der Waals surface area (Å²) in [6.07, 6.45) is -0.266. The fraction of sp³-hybridized carbons (Fsp3) is 0.545. The molecular weight excluding hydrogens is 392 g/mol.